The molecule has 1 amide bonds. The Morgan fingerprint density at radius 3 is 2.39 bits per heavy atom. The molecule has 0 spiro atoms. The maximum Gasteiger partial charge on any atom is 0.407 e. The largest absolute Gasteiger partial charge is 0.444 e. The fourth-order valence-electron chi connectivity index (χ4n) is 2.50. The average Bonchev–Trinajstić information content (AvgIpc) is 2.48. The number of aliphatic hydroxyl groups is 1. The first kappa shape index (κ1) is 15.3. The summed E-state index contributed by atoms with van der Waals surface area (Å²) in [5.41, 5.74) is -0.454. The molecule has 2 N–H and O–H groups in total. The van der Waals surface area contributed by atoms with Gasteiger partial charge in [-0.15, -0.1) is 0 Å². The summed E-state index contributed by atoms with van der Waals surface area (Å²) >= 11 is 0. The van der Waals surface area contributed by atoms with Gasteiger partial charge in [-0.2, -0.15) is 0 Å². The van der Waals surface area contributed by atoms with Crippen molar-refractivity contribution in [3.05, 3.63) is 0 Å². The fourth-order valence-corrected chi connectivity index (χ4v) is 2.50. The van der Waals surface area contributed by atoms with Crippen molar-refractivity contribution in [2.24, 2.45) is 11.8 Å². The van der Waals surface area contributed by atoms with Gasteiger partial charge in [0.05, 0.1) is 0 Å². The Hall–Kier alpha value is -0.770. The van der Waals surface area contributed by atoms with Crippen LogP contribution >= 0.6 is 0 Å². The van der Waals surface area contributed by atoms with Crippen molar-refractivity contribution >= 4 is 6.09 Å². The minimum Gasteiger partial charge on any atom is -0.444 e. The maximum atomic E-state index is 11.6. The molecule has 1 aliphatic rings. The van der Waals surface area contributed by atoms with Crippen molar-refractivity contribution in [2.45, 2.75) is 58.5 Å². The van der Waals surface area contributed by atoms with Crippen molar-refractivity contribution in [1.29, 1.82) is 0 Å². The van der Waals surface area contributed by atoms with Crippen molar-refractivity contribution in [2.75, 3.05) is 13.2 Å². The normalized spacial score (nSPS) is 25.3. The molecule has 0 saturated heterocycles. The number of rotatable bonds is 3. The average molecular weight is 257 g/mol. The van der Waals surface area contributed by atoms with Gasteiger partial charge in [0.15, 0.2) is 0 Å². The molecule has 2 unspecified atom stereocenters. The van der Waals surface area contributed by atoms with Crippen LogP contribution in [0.25, 0.3) is 0 Å². The molecule has 1 rings (SSSR count). The number of amides is 1. The molecule has 4 heteroatoms. The highest BCUT2D eigenvalue weighted by Gasteiger charge is 2.24. The molecule has 1 fully saturated rings. The lowest BCUT2D eigenvalue weighted by atomic mass is 9.88. The van der Waals surface area contributed by atoms with Gasteiger partial charge in [0, 0.05) is 13.2 Å². The molecule has 1 saturated carbocycles. The molecular weight excluding hydrogens is 230 g/mol. The van der Waals surface area contributed by atoms with E-state index in [-0.39, 0.29) is 12.7 Å². The Balaban J connectivity index is 2.37. The number of alkyl carbamates (subject to hydrolysis) is 1. The summed E-state index contributed by atoms with van der Waals surface area (Å²) < 4.78 is 5.22. The van der Waals surface area contributed by atoms with Gasteiger partial charge in [0.1, 0.15) is 5.60 Å². The number of hydrogen-bond acceptors (Lipinski definition) is 3. The molecule has 106 valence electrons. The summed E-state index contributed by atoms with van der Waals surface area (Å²) in [6.45, 7) is 6.40. The van der Waals surface area contributed by atoms with Gasteiger partial charge in [-0.05, 0) is 45.4 Å². The van der Waals surface area contributed by atoms with E-state index in [1.54, 1.807) is 0 Å². The number of ether oxygens (including phenoxy) is 1. The van der Waals surface area contributed by atoms with Gasteiger partial charge in [-0.1, -0.05) is 19.3 Å². The molecule has 2 atom stereocenters. The zero-order valence-electron chi connectivity index (χ0n) is 11.9. The topological polar surface area (TPSA) is 58.6 Å². The summed E-state index contributed by atoms with van der Waals surface area (Å²) in [6.07, 6.45) is 5.41. The molecule has 18 heavy (non-hydrogen) atoms. The number of carbonyl (C=O) groups excluding carboxylic acids is 1. The Labute approximate surface area is 110 Å². The van der Waals surface area contributed by atoms with Crippen molar-refractivity contribution < 1.29 is 14.6 Å². The molecule has 0 bridgehead atoms. The molecule has 4 nitrogen and oxygen atoms in total. The summed E-state index contributed by atoms with van der Waals surface area (Å²) in [4.78, 5) is 11.6. The van der Waals surface area contributed by atoms with E-state index in [0.717, 1.165) is 12.8 Å². The van der Waals surface area contributed by atoms with Crippen LogP contribution in [0.3, 0.4) is 0 Å². The smallest absolute Gasteiger partial charge is 0.407 e. The third kappa shape index (κ3) is 5.71. The van der Waals surface area contributed by atoms with Crippen LogP contribution in [0.15, 0.2) is 0 Å². The van der Waals surface area contributed by atoms with Crippen LogP contribution < -0.4 is 5.32 Å². The lowest BCUT2D eigenvalue weighted by Crippen LogP contribution is -2.37. The molecule has 1 aliphatic carbocycles. The van der Waals surface area contributed by atoms with Crippen LogP contribution in [-0.2, 0) is 4.74 Å². The van der Waals surface area contributed by atoms with Crippen molar-refractivity contribution in [1.82, 2.24) is 5.32 Å². The third-order valence-corrected chi connectivity index (χ3v) is 3.46. The molecule has 0 aromatic heterocycles. The first-order valence-corrected chi connectivity index (χ1v) is 7.00. The second-order valence-corrected chi connectivity index (χ2v) is 6.22. The summed E-state index contributed by atoms with van der Waals surface area (Å²) in [5.74, 6) is 0.701. The van der Waals surface area contributed by atoms with Crippen LogP contribution in [0.5, 0.6) is 0 Å². The standard InChI is InChI=1S/C14H27NO3/c1-14(2,3)18-13(17)15-9-11-7-5-4-6-8-12(11)10-16/h11-12,16H,4-10H2,1-3H3,(H,15,17). The SMILES string of the molecule is CC(C)(C)OC(=O)NCC1CCCCCC1CO. The highest BCUT2D eigenvalue weighted by atomic mass is 16.6. The van der Waals surface area contributed by atoms with E-state index in [9.17, 15) is 9.90 Å². The van der Waals surface area contributed by atoms with E-state index >= 15 is 0 Å². The Kier molecular flexibility index (Phi) is 5.93. The van der Waals surface area contributed by atoms with Crippen LogP contribution in [-0.4, -0.2) is 30.0 Å². The quantitative estimate of drug-likeness (QED) is 0.764. The van der Waals surface area contributed by atoms with E-state index in [1.807, 2.05) is 20.8 Å². The maximum absolute atomic E-state index is 11.6. The Morgan fingerprint density at radius 1 is 1.22 bits per heavy atom. The van der Waals surface area contributed by atoms with Gasteiger partial charge < -0.3 is 15.2 Å². The summed E-state index contributed by atoms with van der Waals surface area (Å²) in [5, 5.41) is 12.2. The first-order chi connectivity index (χ1) is 8.42. The number of aliphatic hydroxyl groups excluding tert-OH is 1. The van der Waals surface area contributed by atoms with Crippen LogP contribution in [0, 0.1) is 11.8 Å². The van der Waals surface area contributed by atoms with Crippen molar-refractivity contribution in [3.8, 4) is 0 Å². The van der Waals surface area contributed by atoms with E-state index in [2.05, 4.69) is 5.32 Å². The Morgan fingerprint density at radius 2 is 1.83 bits per heavy atom. The number of nitrogens with one attached hydrogen (secondary N) is 1. The van der Waals surface area contributed by atoms with Gasteiger partial charge in [0.2, 0.25) is 0 Å². The van der Waals surface area contributed by atoms with Crippen LogP contribution in [0.4, 0.5) is 4.79 Å². The van der Waals surface area contributed by atoms with E-state index in [0.29, 0.717) is 18.4 Å². The molecule has 0 heterocycles. The predicted molar refractivity (Wildman–Crippen MR) is 71.4 cm³/mol. The highest BCUT2D eigenvalue weighted by Crippen LogP contribution is 2.28. The van der Waals surface area contributed by atoms with Crippen LogP contribution in [0.2, 0.25) is 0 Å². The van der Waals surface area contributed by atoms with Gasteiger partial charge in [-0.3, -0.25) is 0 Å². The van der Waals surface area contributed by atoms with E-state index in [1.165, 1.54) is 19.3 Å². The number of carbonyl (C=O) groups is 1. The Bertz CT molecular complexity index is 260. The minimum absolute atomic E-state index is 0.223. The van der Waals surface area contributed by atoms with Gasteiger partial charge >= 0.3 is 6.09 Å². The van der Waals surface area contributed by atoms with Crippen LogP contribution in [0.1, 0.15) is 52.9 Å². The zero-order valence-corrected chi connectivity index (χ0v) is 11.9. The second-order valence-electron chi connectivity index (χ2n) is 6.22. The van der Waals surface area contributed by atoms with Gasteiger partial charge in [0.25, 0.3) is 0 Å². The zero-order chi connectivity index (χ0) is 13.6. The molecular formula is C14H27NO3. The molecule has 0 aromatic rings. The molecule has 0 aliphatic heterocycles. The fraction of sp³-hybridized carbons (Fsp3) is 0.929. The molecule has 0 radical (unpaired) electrons. The summed E-state index contributed by atoms with van der Waals surface area (Å²) in [7, 11) is 0. The lowest BCUT2D eigenvalue weighted by molar-refractivity contribution is 0.0504. The van der Waals surface area contributed by atoms with Gasteiger partial charge in [-0.25, -0.2) is 4.79 Å². The lowest BCUT2D eigenvalue weighted by Gasteiger charge is -2.25. The number of hydrogen-bond donors (Lipinski definition) is 2. The predicted octanol–water partition coefficient (Wildman–Crippen LogP) is 2.70. The highest BCUT2D eigenvalue weighted by molar-refractivity contribution is 5.67. The first-order valence-electron chi connectivity index (χ1n) is 7.00. The van der Waals surface area contributed by atoms with E-state index < -0.39 is 5.60 Å². The van der Waals surface area contributed by atoms with E-state index in [4.69, 9.17) is 4.74 Å². The monoisotopic (exact) mass is 257 g/mol. The molecule has 0 aromatic carbocycles. The third-order valence-electron chi connectivity index (χ3n) is 3.46. The summed E-state index contributed by atoms with van der Waals surface area (Å²) in [6, 6.07) is 0. The minimum atomic E-state index is -0.454. The van der Waals surface area contributed by atoms with Crippen molar-refractivity contribution in [3.63, 3.8) is 0 Å². The second kappa shape index (κ2) is 6.98.